The second-order valence-electron chi connectivity index (χ2n) is 4.00. The zero-order chi connectivity index (χ0) is 11.5. The first kappa shape index (κ1) is 12.3. The number of amides is 3. The maximum Gasteiger partial charge on any atom is 0.324 e. The van der Waals surface area contributed by atoms with E-state index in [1.807, 2.05) is 13.8 Å². The molecule has 1 N–H and O–H groups in total. The van der Waals surface area contributed by atoms with Gasteiger partial charge in [0.15, 0.2) is 0 Å². The molecule has 1 rings (SSSR count). The van der Waals surface area contributed by atoms with Crippen LogP contribution in [0.2, 0.25) is 0 Å². The van der Waals surface area contributed by atoms with Crippen LogP contribution in [0.3, 0.4) is 0 Å². The van der Waals surface area contributed by atoms with Crippen molar-refractivity contribution in [2.24, 2.45) is 0 Å². The van der Waals surface area contributed by atoms with E-state index in [1.165, 1.54) is 0 Å². The molecule has 5 nitrogen and oxygen atoms in total. The van der Waals surface area contributed by atoms with Crippen molar-refractivity contribution in [1.29, 1.82) is 0 Å². The van der Waals surface area contributed by atoms with E-state index in [0.717, 1.165) is 0 Å². The smallest absolute Gasteiger partial charge is 0.324 e. The molecule has 1 aliphatic heterocycles. The van der Waals surface area contributed by atoms with Crippen LogP contribution >= 0.6 is 11.6 Å². The molecule has 0 spiro atoms. The monoisotopic (exact) mass is 234 g/mol. The van der Waals surface area contributed by atoms with Gasteiger partial charge in [-0.15, -0.1) is 11.6 Å². The number of imide groups is 1. The summed E-state index contributed by atoms with van der Waals surface area (Å²) in [6, 6.07) is -0.408. The zero-order valence-electron chi connectivity index (χ0n) is 8.88. The molecule has 1 saturated heterocycles. The molecule has 86 valence electrons. The quantitative estimate of drug-likeness (QED) is 0.675. The van der Waals surface area contributed by atoms with Gasteiger partial charge in [0.1, 0.15) is 5.88 Å². The van der Waals surface area contributed by atoms with Crippen molar-refractivity contribution in [2.45, 2.75) is 19.4 Å². The van der Waals surface area contributed by atoms with Crippen LogP contribution in [0, 0.1) is 0 Å². The molecule has 1 fully saturated rings. The largest absolute Gasteiger partial charge is 0.377 e. The highest BCUT2D eigenvalue weighted by molar-refractivity contribution is 6.28. The highest BCUT2D eigenvalue weighted by atomic mass is 35.5. The van der Waals surface area contributed by atoms with Crippen LogP contribution in [0.4, 0.5) is 4.79 Å². The zero-order valence-corrected chi connectivity index (χ0v) is 9.63. The maximum absolute atomic E-state index is 11.7. The van der Waals surface area contributed by atoms with Crippen LogP contribution in [0.25, 0.3) is 0 Å². The molecule has 0 saturated carbocycles. The minimum Gasteiger partial charge on any atom is -0.377 e. The minimum atomic E-state index is -0.482. The van der Waals surface area contributed by atoms with Gasteiger partial charge in [-0.3, -0.25) is 10.1 Å². The summed E-state index contributed by atoms with van der Waals surface area (Å²) < 4.78 is 5.26. The standard InChI is InChI=1S/C9H15ClN2O3/c1-9(2)6-15-4-3-12(9)8(14)11-7(13)5-10/h3-6H2,1-2H3,(H,11,13,14). The van der Waals surface area contributed by atoms with Gasteiger partial charge in [0, 0.05) is 6.54 Å². The molecule has 6 heteroatoms. The van der Waals surface area contributed by atoms with Gasteiger partial charge in [0.2, 0.25) is 5.91 Å². The molecule has 15 heavy (non-hydrogen) atoms. The van der Waals surface area contributed by atoms with E-state index in [0.29, 0.717) is 19.8 Å². The first-order chi connectivity index (χ1) is 6.97. The fourth-order valence-corrected chi connectivity index (χ4v) is 1.52. The van der Waals surface area contributed by atoms with Gasteiger partial charge in [-0.05, 0) is 13.8 Å². The van der Waals surface area contributed by atoms with Crippen molar-refractivity contribution >= 4 is 23.5 Å². The average molecular weight is 235 g/mol. The number of alkyl halides is 1. The first-order valence-electron chi connectivity index (χ1n) is 4.72. The third-order valence-electron chi connectivity index (χ3n) is 2.26. The van der Waals surface area contributed by atoms with Gasteiger partial charge < -0.3 is 9.64 Å². The number of carbonyl (C=O) groups excluding carboxylic acids is 2. The van der Waals surface area contributed by atoms with E-state index >= 15 is 0 Å². The van der Waals surface area contributed by atoms with Crippen LogP contribution in [0.5, 0.6) is 0 Å². The highest BCUT2D eigenvalue weighted by Crippen LogP contribution is 2.18. The van der Waals surface area contributed by atoms with Crippen molar-refractivity contribution in [3.05, 3.63) is 0 Å². The van der Waals surface area contributed by atoms with E-state index in [2.05, 4.69) is 5.32 Å². The van der Waals surface area contributed by atoms with E-state index in [4.69, 9.17) is 16.3 Å². The lowest BCUT2D eigenvalue weighted by molar-refractivity contribution is -0.118. The van der Waals surface area contributed by atoms with Crippen molar-refractivity contribution in [3.8, 4) is 0 Å². The molecule has 0 atom stereocenters. The Balaban J connectivity index is 2.61. The summed E-state index contributed by atoms with van der Waals surface area (Å²) in [5, 5.41) is 2.22. The lowest BCUT2D eigenvalue weighted by Crippen LogP contribution is -2.59. The Labute approximate surface area is 93.7 Å². The molecule has 1 heterocycles. The number of rotatable bonds is 1. The van der Waals surface area contributed by atoms with Gasteiger partial charge in [-0.2, -0.15) is 0 Å². The molecule has 0 aliphatic carbocycles. The fraction of sp³-hybridized carbons (Fsp3) is 0.778. The molecule has 0 aromatic carbocycles. The fourth-order valence-electron chi connectivity index (χ4n) is 1.45. The van der Waals surface area contributed by atoms with Crippen LogP contribution in [-0.4, -0.2) is 48.0 Å². The van der Waals surface area contributed by atoms with Crippen LogP contribution in [0.1, 0.15) is 13.8 Å². The van der Waals surface area contributed by atoms with Gasteiger partial charge in [0.05, 0.1) is 18.8 Å². The summed E-state index contributed by atoms with van der Waals surface area (Å²) in [5.41, 5.74) is -0.394. The SMILES string of the molecule is CC1(C)COCCN1C(=O)NC(=O)CCl. The van der Waals surface area contributed by atoms with Gasteiger partial charge in [-0.1, -0.05) is 0 Å². The van der Waals surface area contributed by atoms with E-state index < -0.39 is 17.5 Å². The second kappa shape index (κ2) is 4.81. The predicted octanol–water partition coefficient (Wildman–Crippen LogP) is 0.572. The summed E-state index contributed by atoms with van der Waals surface area (Å²) in [7, 11) is 0. The molecule has 0 aromatic heterocycles. The molecule has 0 bridgehead atoms. The second-order valence-corrected chi connectivity index (χ2v) is 4.27. The topological polar surface area (TPSA) is 58.6 Å². The summed E-state index contributed by atoms with van der Waals surface area (Å²) in [4.78, 5) is 24.2. The van der Waals surface area contributed by atoms with Crippen LogP contribution in [-0.2, 0) is 9.53 Å². The molecule has 0 unspecified atom stereocenters. The number of halogens is 1. The number of hydrogen-bond donors (Lipinski definition) is 1. The lowest BCUT2D eigenvalue weighted by atomic mass is 10.0. The van der Waals surface area contributed by atoms with Gasteiger partial charge >= 0.3 is 6.03 Å². The summed E-state index contributed by atoms with van der Waals surface area (Å²) in [6.07, 6.45) is 0. The Morgan fingerprint density at radius 3 is 2.73 bits per heavy atom. The molecule has 3 amide bonds. The number of hydrogen-bond acceptors (Lipinski definition) is 3. The summed E-state index contributed by atoms with van der Waals surface area (Å²) in [6.45, 7) is 5.21. The molecular weight excluding hydrogens is 220 g/mol. The van der Waals surface area contributed by atoms with Crippen molar-refractivity contribution in [3.63, 3.8) is 0 Å². The van der Waals surface area contributed by atoms with Crippen molar-refractivity contribution in [2.75, 3.05) is 25.6 Å². The lowest BCUT2D eigenvalue weighted by Gasteiger charge is -2.41. The molecular formula is C9H15ClN2O3. The third kappa shape index (κ3) is 3.07. The minimum absolute atomic E-state index is 0.212. The Morgan fingerprint density at radius 2 is 2.20 bits per heavy atom. The van der Waals surface area contributed by atoms with E-state index in [1.54, 1.807) is 4.90 Å². The molecule has 1 aliphatic rings. The maximum atomic E-state index is 11.7. The van der Waals surface area contributed by atoms with E-state index in [9.17, 15) is 9.59 Å². The number of nitrogens with one attached hydrogen (secondary N) is 1. The van der Waals surface area contributed by atoms with Crippen molar-refractivity contribution in [1.82, 2.24) is 10.2 Å². The van der Waals surface area contributed by atoms with Gasteiger partial charge in [0.25, 0.3) is 0 Å². The summed E-state index contributed by atoms with van der Waals surface area (Å²) in [5.74, 6) is -0.694. The normalized spacial score (nSPS) is 19.8. The van der Waals surface area contributed by atoms with Crippen molar-refractivity contribution < 1.29 is 14.3 Å². The summed E-state index contributed by atoms with van der Waals surface area (Å²) >= 11 is 5.30. The number of ether oxygens (including phenoxy) is 1. The third-order valence-corrected chi connectivity index (χ3v) is 2.50. The molecule has 0 aromatic rings. The highest BCUT2D eigenvalue weighted by Gasteiger charge is 2.34. The first-order valence-corrected chi connectivity index (χ1v) is 5.26. The number of carbonyl (C=O) groups is 2. The molecule has 0 radical (unpaired) electrons. The van der Waals surface area contributed by atoms with Gasteiger partial charge in [-0.25, -0.2) is 4.79 Å². The van der Waals surface area contributed by atoms with Crippen LogP contribution in [0.15, 0.2) is 0 Å². The predicted molar refractivity (Wildman–Crippen MR) is 55.9 cm³/mol. The Bertz CT molecular complexity index is 268. The van der Waals surface area contributed by atoms with Crippen LogP contribution < -0.4 is 5.32 Å². The Kier molecular flexibility index (Phi) is 3.93. The van der Waals surface area contributed by atoms with E-state index in [-0.39, 0.29) is 5.88 Å². The number of nitrogens with zero attached hydrogens (tertiary/aromatic N) is 1. The number of morpholine rings is 1. The Morgan fingerprint density at radius 1 is 1.53 bits per heavy atom. The Hall–Kier alpha value is -0.810. The number of urea groups is 1. The average Bonchev–Trinajstić information content (AvgIpc) is 2.16.